The van der Waals surface area contributed by atoms with Gasteiger partial charge in [-0.2, -0.15) is 0 Å². The van der Waals surface area contributed by atoms with E-state index >= 15 is 0 Å². The predicted octanol–water partition coefficient (Wildman–Crippen LogP) is 3.32. The normalized spacial score (nSPS) is 18.0. The smallest absolute Gasteiger partial charge is 0.193 e. The first kappa shape index (κ1) is 21.1. The third kappa shape index (κ3) is 4.75. The number of aliphatic hydroxyl groups is 1. The zero-order valence-electron chi connectivity index (χ0n) is 17.7. The largest absolute Gasteiger partial charge is 0.496 e. The van der Waals surface area contributed by atoms with Gasteiger partial charge in [0.2, 0.25) is 0 Å². The highest BCUT2D eigenvalue weighted by Gasteiger charge is 2.27. The summed E-state index contributed by atoms with van der Waals surface area (Å²) in [5.74, 6) is 0.929. The molecule has 0 aliphatic carbocycles. The summed E-state index contributed by atoms with van der Waals surface area (Å²) in [6.07, 6.45) is 4.72. The molecule has 0 spiro atoms. The number of rotatable bonds is 8. The molecule has 3 heterocycles. The number of thiazole rings is 1. The lowest BCUT2D eigenvalue weighted by molar-refractivity contribution is 0.0492. The van der Waals surface area contributed by atoms with E-state index in [1.54, 1.807) is 18.4 Å². The highest BCUT2D eigenvalue weighted by Crippen LogP contribution is 2.23. The Morgan fingerprint density at radius 3 is 2.87 bits per heavy atom. The molecule has 1 saturated heterocycles. The number of ether oxygens (including phenoxy) is 1. The van der Waals surface area contributed by atoms with Crippen molar-refractivity contribution in [3.05, 3.63) is 64.9 Å². The fourth-order valence-corrected chi connectivity index (χ4v) is 4.96. The van der Waals surface area contributed by atoms with Gasteiger partial charge >= 0.3 is 0 Å². The van der Waals surface area contributed by atoms with E-state index in [9.17, 15) is 5.11 Å². The molecule has 1 fully saturated rings. The number of aromatic nitrogens is 2. The molecule has 1 N–H and O–H groups in total. The van der Waals surface area contributed by atoms with Crippen LogP contribution in [0.5, 0.6) is 5.75 Å². The molecule has 1 aliphatic rings. The molecule has 30 heavy (non-hydrogen) atoms. The number of aliphatic hydroxyl groups excluding tert-OH is 1. The second kappa shape index (κ2) is 9.75. The Kier molecular flexibility index (Phi) is 6.84. The topological polar surface area (TPSA) is 53.8 Å². The van der Waals surface area contributed by atoms with Crippen molar-refractivity contribution >= 4 is 11.3 Å². The zero-order valence-corrected chi connectivity index (χ0v) is 18.5. The van der Waals surface area contributed by atoms with Gasteiger partial charge in [-0.15, -0.1) is 11.3 Å². The van der Waals surface area contributed by atoms with E-state index in [0.717, 1.165) is 55.6 Å². The molecule has 1 aliphatic heterocycles. The molecular weight excluding hydrogens is 396 g/mol. The Labute approximate surface area is 182 Å². The molecular formula is C23H30N4O2S. The van der Waals surface area contributed by atoms with E-state index in [1.807, 2.05) is 11.6 Å². The van der Waals surface area contributed by atoms with Gasteiger partial charge in [-0.25, -0.2) is 4.98 Å². The van der Waals surface area contributed by atoms with Gasteiger partial charge in [-0.3, -0.25) is 14.4 Å². The fraction of sp³-hybridized carbons (Fsp3) is 0.435. The number of methoxy groups -OCH3 is 1. The molecule has 1 atom stereocenters. The van der Waals surface area contributed by atoms with Gasteiger partial charge in [0.15, 0.2) is 5.13 Å². The lowest BCUT2D eigenvalue weighted by Gasteiger charge is -2.41. The molecule has 1 aromatic carbocycles. The second-order valence-corrected chi connectivity index (χ2v) is 8.73. The Bertz CT molecular complexity index is 941. The van der Waals surface area contributed by atoms with Crippen LogP contribution in [0, 0.1) is 6.92 Å². The Balaban J connectivity index is 1.42. The molecule has 4 rings (SSSR count). The van der Waals surface area contributed by atoms with Gasteiger partial charge in [0.25, 0.3) is 0 Å². The minimum atomic E-state index is 0.214. The summed E-state index contributed by atoms with van der Waals surface area (Å²) in [5, 5.41) is 12.7. The molecule has 6 nitrogen and oxygen atoms in total. The van der Waals surface area contributed by atoms with Crippen LogP contribution in [0.3, 0.4) is 0 Å². The number of piperazine rings is 1. The highest BCUT2D eigenvalue weighted by atomic mass is 32.1. The lowest BCUT2D eigenvalue weighted by atomic mass is 10.1. The SMILES string of the molecule is COc1ccc(CN2CCN(Cc3cccn3-c3nccs3)C[C@@H]2CCO)cc1C. The number of hydrogen-bond donors (Lipinski definition) is 1. The fourth-order valence-electron chi connectivity index (χ4n) is 4.30. The average molecular weight is 427 g/mol. The van der Waals surface area contributed by atoms with Crippen LogP contribution in [0.4, 0.5) is 0 Å². The average Bonchev–Trinajstić information content (AvgIpc) is 3.42. The van der Waals surface area contributed by atoms with Crippen molar-refractivity contribution in [3.8, 4) is 10.9 Å². The van der Waals surface area contributed by atoms with Crippen molar-refractivity contribution in [2.75, 3.05) is 33.4 Å². The Morgan fingerprint density at radius 2 is 2.13 bits per heavy atom. The number of benzene rings is 1. The summed E-state index contributed by atoms with van der Waals surface area (Å²) in [5.41, 5.74) is 3.71. The summed E-state index contributed by atoms with van der Waals surface area (Å²) in [6, 6.07) is 11.0. The first-order valence-corrected chi connectivity index (χ1v) is 11.3. The van der Waals surface area contributed by atoms with Crippen molar-refractivity contribution in [3.63, 3.8) is 0 Å². The van der Waals surface area contributed by atoms with Crippen molar-refractivity contribution in [2.24, 2.45) is 0 Å². The van der Waals surface area contributed by atoms with Crippen molar-refractivity contribution < 1.29 is 9.84 Å². The third-order valence-corrected chi connectivity index (χ3v) is 6.61. The molecule has 0 radical (unpaired) electrons. The van der Waals surface area contributed by atoms with Crippen LogP contribution in [-0.4, -0.2) is 63.9 Å². The Hall–Kier alpha value is -2.19. The second-order valence-electron chi connectivity index (χ2n) is 7.86. The summed E-state index contributed by atoms with van der Waals surface area (Å²) < 4.78 is 7.57. The molecule has 7 heteroatoms. The lowest BCUT2D eigenvalue weighted by Crippen LogP contribution is -2.52. The first-order chi connectivity index (χ1) is 14.7. The maximum atomic E-state index is 9.65. The first-order valence-electron chi connectivity index (χ1n) is 10.4. The molecule has 160 valence electrons. The van der Waals surface area contributed by atoms with E-state index in [4.69, 9.17) is 4.74 Å². The van der Waals surface area contributed by atoms with Gasteiger partial charge < -0.3 is 9.84 Å². The van der Waals surface area contributed by atoms with Gasteiger partial charge in [0.05, 0.1) is 7.11 Å². The Morgan fingerprint density at radius 1 is 1.23 bits per heavy atom. The van der Waals surface area contributed by atoms with Gasteiger partial charge in [0.1, 0.15) is 5.75 Å². The van der Waals surface area contributed by atoms with Crippen LogP contribution >= 0.6 is 11.3 Å². The molecule has 3 aromatic rings. The van der Waals surface area contributed by atoms with Crippen LogP contribution in [0.2, 0.25) is 0 Å². The number of nitrogens with zero attached hydrogens (tertiary/aromatic N) is 4. The third-order valence-electron chi connectivity index (χ3n) is 5.84. The van der Waals surface area contributed by atoms with E-state index in [2.05, 4.69) is 62.8 Å². The van der Waals surface area contributed by atoms with E-state index < -0.39 is 0 Å². The summed E-state index contributed by atoms with van der Waals surface area (Å²) in [4.78, 5) is 9.45. The quantitative estimate of drug-likeness (QED) is 0.599. The molecule has 2 aromatic heterocycles. The summed E-state index contributed by atoms with van der Waals surface area (Å²) in [7, 11) is 1.71. The van der Waals surface area contributed by atoms with Crippen LogP contribution in [-0.2, 0) is 13.1 Å². The predicted molar refractivity (Wildman–Crippen MR) is 120 cm³/mol. The standard InChI is InChI=1S/C23H30N4O2S/c1-18-14-19(5-6-22(18)29-2)15-26-11-10-25(16-20(26)7-12-28)17-21-4-3-9-27(21)23-24-8-13-30-23/h3-6,8-9,13-14,20,28H,7,10-12,15-17H2,1-2H3/t20-/m0/s1. The van der Waals surface area contributed by atoms with Crippen molar-refractivity contribution in [1.29, 1.82) is 0 Å². The van der Waals surface area contributed by atoms with Gasteiger partial charge in [0, 0.05) is 68.8 Å². The van der Waals surface area contributed by atoms with Crippen LogP contribution in [0.1, 0.15) is 23.2 Å². The van der Waals surface area contributed by atoms with E-state index in [0.29, 0.717) is 6.04 Å². The van der Waals surface area contributed by atoms with Crippen LogP contribution in [0.15, 0.2) is 48.1 Å². The van der Waals surface area contributed by atoms with E-state index in [1.165, 1.54) is 11.3 Å². The maximum Gasteiger partial charge on any atom is 0.193 e. The summed E-state index contributed by atoms with van der Waals surface area (Å²) in [6.45, 7) is 7.06. The number of hydrogen-bond acceptors (Lipinski definition) is 6. The molecule has 0 bridgehead atoms. The highest BCUT2D eigenvalue weighted by molar-refractivity contribution is 7.12. The minimum absolute atomic E-state index is 0.214. The van der Waals surface area contributed by atoms with Crippen LogP contribution < -0.4 is 4.74 Å². The maximum absolute atomic E-state index is 9.65. The van der Waals surface area contributed by atoms with Crippen LogP contribution in [0.25, 0.3) is 5.13 Å². The van der Waals surface area contributed by atoms with E-state index in [-0.39, 0.29) is 6.61 Å². The monoisotopic (exact) mass is 426 g/mol. The minimum Gasteiger partial charge on any atom is -0.496 e. The summed E-state index contributed by atoms with van der Waals surface area (Å²) >= 11 is 1.65. The van der Waals surface area contributed by atoms with Crippen molar-refractivity contribution in [1.82, 2.24) is 19.4 Å². The van der Waals surface area contributed by atoms with Gasteiger partial charge in [-0.1, -0.05) is 12.1 Å². The zero-order chi connectivity index (χ0) is 20.9. The molecule has 0 saturated carbocycles. The molecule has 0 unspecified atom stereocenters. The molecule has 0 amide bonds. The number of aryl methyl sites for hydroxylation is 1. The van der Waals surface area contributed by atoms with Crippen molar-refractivity contribution in [2.45, 2.75) is 32.5 Å². The van der Waals surface area contributed by atoms with Gasteiger partial charge in [-0.05, 0) is 42.7 Å².